The Kier molecular flexibility index (Phi) is 5.11. The van der Waals surface area contributed by atoms with Crippen molar-refractivity contribution in [3.05, 3.63) is 33.8 Å². The van der Waals surface area contributed by atoms with Crippen LogP contribution in [0.4, 0.5) is 0 Å². The molecule has 0 amide bonds. The summed E-state index contributed by atoms with van der Waals surface area (Å²) in [6.45, 7) is 3.24. The van der Waals surface area contributed by atoms with E-state index in [9.17, 15) is 0 Å². The standard InChI is InChI=1S/C17H23Cl2NO/c1-2-8-20-15(13-10-12-6-7-16(13)21-12)9-11-4-3-5-14(18)17(11)19/h3-5,12-13,15-16,20H,2,6-10H2,1H3. The van der Waals surface area contributed by atoms with Gasteiger partial charge in [-0.25, -0.2) is 0 Å². The lowest BCUT2D eigenvalue weighted by atomic mass is 9.81. The quantitative estimate of drug-likeness (QED) is 0.832. The Bertz CT molecular complexity index is 494. The highest BCUT2D eigenvalue weighted by Gasteiger charge is 2.44. The van der Waals surface area contributed by atoms with Crippen LogP contribution in [0.1, 0.15) is 38.2 Å². The van der Waals surface area contributed by atoms with E-state index >= 15 is 0 Å². The molecule has 2 aliphatic heterocycles. The molecule has 0 aliphatic carbocycles. The maximum Gasteiger partial charge on any atom is 0.0624 e. The van der Waals surface area contributed by atoms with E-state index in [0.717, 1.165) is 24.9 Å². The summed E-state index contributed by atoms with van der Waals surface area (Å²) >= 11 is 12.5. The number of ether oxygens (including phenoxy) is 1. The van der Waals surface area contributed by atoms with Crippen molar-refractivity contribution in [2.24, 2.45) is 5.92 Å². The lowest BCUT2D eigenvalue weighted by Gasteiger charge is -2.30. The van der Waals surface area contributed by atoms with Gasteiger partial charge in [0.1, 0.15) is 0 Å². The number of hydrogen-bond acceptors (Lipinski definition) is 2. The second-order valence-corrected chi connectivity index (χ2v) is 7.04. The average Bonchev–Trinajstić information content (AvgIpc) is 3.10. The molecule has 4 heteroatoms. The van der Waals surface area contributed by atoms with E-state index in [2.05, 4.69) is 18.3 Å². The summed E-state index contributed by atoms with van der Waals surface area (Å²) in [6, 6.07) is 6.35. The van der Waals surface area contributed by atoms with E-state index in [1.54, 1.807) is 0 Å². The Morgan fingerprint density at radius 1 is 1.33 bits per heavy atom. The van der Waals surface area contributed by atoms with Crippen LogP contribution in [-0.4, -0.2) is 24.8 Å². The highest BCUT2D eigenvalue weighted by molar-refractivity contribution is 6.42. The first-order chi connectivity index (χ1) is 10.2. The van der Waals surface area contributed by atoms with Gasteiger partial charge in [0.15, 0.2) is 0 Å². The smallest absolute Gasteiger partial charge is 0.0624 e. The van der Waals surface area contributed by atoms with Gasteiger partial charge in [-0.15, -0.1) is 0 Å². The van der Waals surface area contributed by atoms with Gasteiger partial charge < -0.3 is 10.1 Å². The maximum absolute atomic E-state index is 6.37. The summed E-state index contributed by atoms with van der Waals surface area (Å²) in [5, 5.41) is 5.06. The fourth-order valence-electron chi connectivity index (χ4n) is 3.75. The van der Waals surface area contributed by atoms with E-state index < -0.39 is 0 Å². The SMILES string of the molecule is CCCNC(Cc1cccc(Cl)c1Cl)C1CC2CCC1O2. The number of benzene rings is 1. The Morgan fingerprint density at radius 3 is 2.86 bits per heavy atom. The zero-order valence-corrected chi connectivity index (χ0v) is 14.0. The topological polar surface area (TPSA) is 21.3 Å². The molecule has 1 N–H and O–H groups in total. The van der Waals surface area contributed by atoms with E-state index in [1.165, 1.54) is 19.3 Å². The third-order valence-electron chi connectivity index (χ3n) is 4.80. The van der Waals surface area contributed by atoms with Gasteiger partial charge in [0.2, 0.25) is 0 Å². The minimum atomic E-state index is 0.427. The summed E-state index contributed by atoms with van der Waals surface area (Å²) in [6.07, 6.45) is 6.62. The van der Waals surface area contributed by atoms with Gasteiger partial charge in [0.25, 0.3) is 0 Å². The zero-order chi connectivity index (χ0) is 14.8. The lowest BCUT2D eigenvalue weighted by molar-refractivity contribution is 0.0857. The van der Waals surface area contributed by atoms with Crippen molar-refractivity contribution < 1.29 is 4.74 Å². The second kappa shape index (κ2) is 6.87. The van der Waals surface area contributed by atoms with Crippen molar-refractivity contribution in [2.75, 3.05) is 6.54 Å². The van der Waals surface area contributed by atoms with Crippen molar-refractivity contribution in [3.63, 3.8) is 0 Å². The van der Waals surface area contributed by atoms with Crippen LogP contribution in [0.3, 0.4) is 0 Å². The van der Waals surface area contributed by atoms with Gasteiger partial charge in [-0.05, 0) is 50.3 Å². The van der Waals surface area contributed by atoms with Crippen molar-refractivity contribution >= 4 is 23.2 Å². The van der Waals surface area contributed by atoms with Gasteiger partial charge in [-0.3, -0.25) is 0 Å². The molecule has 4 unspecified atom stereocenters. The zero-order valence-electron chi connectivity index (χ0n) is 12.4. The molecular formula is C17H23Cl2NO. The molecule has 2 nitrogen and oxygen atoms in total. The largest absolute Gasteiger partial charge is 0.375 e. The number of halogens is 2. The van der Waals surface area contributed by atoms with E-state index in [4.69, 9.17) is 27.9 Å². The molecule has 4 atom stereocenters. The van der Waals surface area contributed by atoms with E-state index in [1.807, 2.05) is 12.1 Å². The predicted octanol–water partition coefficient (Wildman–Crippen LogP) is 4.47. The third kappa shape index (κ3) is 3.39. The molecule has 2 heterocycles. The minimum absolute atomic E-state index is 0.427. The Hall–Kier alpha value is -0.280. The lowest BCUT2D eigenvalue weighted by Crippen LogP contribution is -2.42. The van der Waals surface area contributed by atoms with E-state index in [0.29, 0.717) is 34.2 Å². The van der Waals surface area contributed by atoms with E-state index in [-0.39, 0.29) is 0 Å². The molecule has 21 heavy (non-hydrogen) atoms. The fourth-order valence-corrected chi connectivity index (χ4v) is 4.15. The molecule has 116 valence electrons. The molecule has 0 aromatic heterocycles. The molecule has 1 aromatic rings. The Balaban J connectivity index is 1.74. The van der Waals surface area contributed by atoms with Crippen LogP contribution < -0.4 is 5.32 Å². The molecule has 2 aliphatic rings. The first-order valence-corrected chi connectivity index (χ1v) is 8.76. The highest BCUT2D eigenvalue weighted by atomic mass is 35.5. The van der Waals surface area contributed by atoms with Crippen molar-refractivity contribution in [1.82, 2.24) is 5.32 Å². The number of rotatable bonds is 6. The van der Waals surface area contributed by atoms with Gasteiger partial charge in [-0.1, -0.05) is 42.3 Å². The molecule has 0 saturated carbocycles. The summed E-state index contributed by atoms with van der Waals surface area (Å²) in [4.78, 5) is 0. The molecule has 2 saturated heterocycles. The molecule has 0 radical (unpaired) electrons. The van der Waals surface area contributed by atoms with Crippen LogP contribution in [0, 0.1) is 5.92 Å². The highest BCUT2D eigenvalue weighted by Crippen LogP contribution is 2.41. The monoisotopic (exact) mass is 327 g/mol. The number of fused-ring (bicyclic) bond motifs is 2. The van der Waals surface area contributed by atoms with Gasteiger partial charge in [-0.2, -0.15) is 0 Å². The molecule has 2 bridgehead atoms. The van der Waals surface area contributed by atoms with Crippen molar-refractivity contribution in [3.8, 4) is 0 Å². The average molecular weight is 328 g/mol. The van der Waals surface area contributed by atoms with Crippen LogP contribution >= 0.6 is 23.2 Å². The van der Waals surface area contributed by atoms with Crippen LogP contribution in [0.15, 0.2) is 18.2 Å². The van der Waals surface area contributed by atoms with Crippen LogP contribution in [-0.2, 0) is 11.2 Å². The number of nitrogens with one attached hydrogen (secondary N) is 1. The van der Waals surface area contributed by atoms with Gasteiger partial charge in [0.05, 0.1) is 22.3 Å². The molecule has 0 spiro atoms. The van der Waals surface area contributed by atoms with Crippen LogP contribution in [0.5, 0.6) is 0 Å². The van der Waals surface area contributed by atoms with Crippen LogP contribution in [0.2, 0.25) is 10.0 Å². The predicted molar refractivity (Wildman–Crippen MR) is 88.2 cm³/mol. The second-order valence-electron chi connectivity index (χ2n) is 6.25. The summed E-state index contributed by atoms with van der Waals surface area (Å²) in [5.41, 5.74) is 1.14. The molecule has 3 rings (SSSR count). The first-order valence-electron chi connectivity index (χ1n) is 8.00. The molecule has 2 fully saturated rings. The summed E-state index contributed by atoms with van der Waals surface area (Å²) < 4.78 is 6.04. The maximum atomic E-state index is 6.37. The van der Waals surface area contributed by atoms with Crippen molar-refractivity contribution in [1.29, 1.82) is 0 Å². The minimum Gasteiger partial charge on any atom is -0.375 e. The first kappa shape index (κ1) is 15.6. The Labute approximate surface area is 137 Å². The molecular weight excluding hydrogens is 305 g/mol. The number of hydrogen-bond donors (Lipinski definition) is 1. The fraction of sp³-hybridized carbons (Fsp3) is 0.647. The third-order valence-corrected chi connectivity index (χ3v) is 5.66. The Morgan fingerprint density at radius 2 is 2.19 bits per heavy atom. The molecule has 1 aromatic carbocycles. The van der Waals surface area contributed by atoms with Crippen LogP contribution in [0.25, 0.3) is 0 Å². The van der Waals surface area contributed by atoms with Gasteiger partial charge >= 0.3 is 0 Å². The van der Waals surface area contributed by atoms with Gasteiger partial charge in [0, 0.05) is 12.0 Å². The van der Waals surface area contributed by atoms with Crippen molar-refractivity contribution in [2.45, 2.75) is 57.3 Å². The summed E-state index contributed by atoms with van der Waals surface area (Å²) in [7, 11) is 0. The summed E-state index contributed by atoms with van der Waals surface area (Å²) in [5.74, 6) is 0.602. The normalized spacial score (nSPS) is 29.0.